The molecular formula is C29H26Cl3CuO4P. The Balaban J connectivity index is 0.000000934. The standard InChI is InChI=1S/C29H25O4P.3ClH.Cu/c1-32-28(30)22-13-9-20(10-14-22)24-17-25(21-11-15-23(16-12-21)29(31)33-2)19-27(18-24)34(3)26-7-5-4-6-8-26;;;;/h4-19H,1-3H3;3*1H;/q;;;;+2/p-2. The Morgan fingerprint density at radius 2 is 1.00 bits per heavy atom. The van der Waals surface area contributed by atoms with Crippen LogP contribution >= 0.6 is 38.2 Å². The van der Waals surface area contributed by atoms with Gasteiger partial charge in [0.05, 0.1) is 50.5 Å². The van der Waals surface area contributed by atoms with Gasteiger partial charge < -0.3 is 9.47 Å². The number of rotatable bonds is 6. The average Bonchev–Trinajstić information content (AvgIpc) is 2.96. The second-order valence-electron chi connectivity index (χ2n) is 8.06. The number of benzene rings is 4. The van der Waals surface area contributed by atoms with Crippen LogP contribution in [0.4, 0.5) is 0 Å². The molecule has 4 rings (SSSR count). The van der Waals surface area contributed by atoms with E-state index in [1.165, 1.54) is 24.8 Å². The van der Waals surface area contributed by atoms with Gasteiger partial charge in [-0.25, -0.2) is 9.59 Å². The molecule has 1 unspecified atom stereocenters. The molecule has 38 heavy (non-hydrogen) atoms. The van der Waals surface area contributed by atoms with Gasteiger partial charge in [0.15, 0.2) is 0 Å². The van der Waals surface area contributed by atoms with Crippen LogP contribution in [0, 0.1) is 0 Å². The molecule has 4 aromatic carbocycles. The maximum atomic E-state index is 11.8. The Morgan fingerprint density at radius 3 is 1.37 bits per heavy atom. The Bertz CT molecular complexity index is 1280. The van der Waals surface area contributed by atoms with Crippen molar-refractivity contribution in [3.8, 4) is 22.3 Å². The molecule has 0 heterocycles. The summed E-state index contributed by atoms with van der Waals surface area (Å²) in [6, 6.07) is 32.1. The van der Waals surface area contributed by atoms with Crippen LogP contribution in [0.5, 0.6) is 0 Å². The molecule has 0 N–H and O–H groups in total. The minimum absolute atomic E-state index is 0.352. The van der Waals surface area contributed by atoms with E-state index in [-0.39, 0.29) is 11.9 Å². The normalized spacial score (nSPS) is 11.5. The molecule has 0 saturated carbocycles. The molecule has 0 spiro atoms. The first-order valence-corrected chi connectivity index (χ1v) is 17.1. The zero-order chi connectivity index (χ0) is 27.7. The maximum absolute atomic E-state index is 11.8. The molecule has 203 valence electrons. The van der Waals surface area contributed by atoms with Crippen LogP contribution in [0.1, 0.15) is 20.7 Å². The van der Waals surface area contributed by atoms with Gasteiger partial charge in [-0.05, 0) is 76.9 Å². The molecule has 4 nitrogen and oxygen atoms in total. The molecule has 9 heteroatoms. The Kier molecular flexibility index (Phi) is 11.7. The van der Waals surface area contributed by atoms with Gasteiger partial charge in [0, 0.05) is 0 Å². The SMILES string of the molecule is COC(=O)c1ccc(-c2cc(-c3ccc(C(=O)OC)cc3)cc([PH+](C)c3ccccc3)c2)cc1.[Cl][Cu-]([Cl])[Cl]. The summed E-state index contributed by atoms with van der Waals surface area (Å²) in [5.41, 5.74) is 5.22. The third kappa shape index (κ3) is 8.32. The number of hydrogen-bond acceptors (Lipinski definition) is 4. The van der Waals surface area contributed by atoms with Crippen molar-refractivity contribution < 1.29 is 30.2 Å². The van der Waals surface area contributed by atoms with Gasteiger partial charge in [0.2, 0.25) is 0 Å². The molecule has 0 saturated heterocycles. The van der Waals surface area contributed by atoms with E-state index in [4.69, 9.17) is 39.8 Å². The first kappa shape index (κ1) is 30.2. The summed E-state index contributed by atoms with van der Waals surface area (Å²) in [6.07, 6.45) is 0. The van der Waals surface area contributed by atoms with E-state index in [0.29, 0.717) is 11.1 Å². The molecule has 0 aliphatic heterocycles. The summed E-state index contributed by atoms with van der Waals surface area (Å²) in [5, 5.41) is 2.61. The van der Waals surface area contributed by atoms with E-state index in [9.17, 15) is 9.59 Å². The predicted octanol–water partition coefficient (Wildman–Crippen LogP) is 7.45. The van der Waals surface area contributed by atoms with Crippen molar-refractivity contribution in [3.63, 3.8) is 0 Å². The fourth-order valence-electron chi connectivity index (χ4n) is 3.87. The fourth-order valence-corrected chi connectivity index (χ4v) is 5.64. The van der Waals surface area contributed by atoms with Crippen molar-refractivity contribution in [2.24, 2.45) is 0 Å². The number of esters is 2. The van der Waals surface area contributed by atoms with Gasteiger partial charge in [-0.1, -0.05) is 42.5 Å². The first-order chi connectivity index (χ1) is 18.2. The molecule has 0 amide bonds. The van der Waals surface area contributed by atoms with Crippen molar-refractivity contribution >= 4 is 60.8 Å². The second kappa shape index (κ2) is 14.7. The monoisotopic (exact) mass is 637 g/mol. The van der Waals surface area contributed by atoms with E-state index in [1.807, 2.05) is 30.3 Å². The molecule has 1 atom stereocenters. The number of methoxy groups -OCH3 is 2. The van der Waals surface area contributed by atoms with Gasteiger partial charge in [-0.3, -0.25) is 0 Å². The second-order valence-corrected chi connectivity index (χ2v) is 15.1. The Labute approximate surface area is 241 Å². The average molecular weight is 639 g/mol. The van der Waals surface area contributed by atoms with Crippen LogP contribution in [-0.4, -0.2) is 32.8 Å². The third-order valence-corrected chi connectivity index (χ3v) is 8.21. The molecule has 0 radical (unpaired) electrons. The van der Waals surface area contributed by atoms with E-state index in [0.717, 1.165) is 22.3 Å². The van der Waals surface area contributed by atoms with Crippen LogP contribution in [0.3, 0.4) is 0 Å². The van der Waals surface area contributed by atoms with Crippen molar-refractivity contribution in [2.45, 2.75) is 0 Å². The summed E-state index contributed by atoms with van der Waals surface area (Å²) in [7, 11) is 16.2. The molecule has 0 aliphatic carbocycles. The first-order valence-electron chi connectivity index (χ1n) is 11.3. The van der Waals surface area contributed by atoms with E-state index >= 15 is 0 Å². The Morgan fingerprint density at radius 1 is 0.605 bits per heavy atom. The molecule has 0 bridgehead atoms. The quantitative estimate of drug-likeness (QED) is 0.125. The summed E-state index contributed by atoms with van der Waals surface area (Å²) >= 11 is -0.896. The number of hydrogen-bond donors (Lipinski definition) is 0. The van der Waals surface area contributed by atoms with E-state index < -0.39 is 19.1 Å². The third-order valence-electron chi connectivity index (χ3n) is 5.85. The minimum atomic E-state index is -1.00. The summed E-state index contributed by atoms with van der Waals surface area (Å²) in [6.45, 7) is 2.30. The van der Waals surface area contributed by atoms with Crippen LogP contribution in [-0.2, 0) is 20.6 Å². The predicted molar refractivity (Wildman–Crippen MR) is 158 cm³/mol. The molecule has 0 aromatic heterocycles. The zero-order valence-corrected chi connectivity index (χ0v) is 25.0. The number of ether oxygens (including phenoxy) is 2. The summed E-state index contributed by atoms with van der Waals surface area (Å²) in [5.74, 6) is -0.704. The zero-order valence-electron chi connectivity index (χ0n) is 20.8. The van der Waals surface area contributed by atoms with E-state index in [1.54, 1.807) is 24.3 Å². The van der Waals surface area contributed by atoms with Gasteiger partial charge in [-0.15, -0.1) is 0 Å². The molecular weight excluding hydrogens is 613 g/mol. The van der Waals surface area contributed by atoms with E-state index in [2.05, 4.69) is 49.1 Å². The van der Waals surface area contributed by atoms with Crippen molar-refractivity contribution in [2.75, 3.05) is 20.9 Å². The van der Waals surface area contributed by atoms with Crippen LogP contribution in [0.25, 0.3) is 22.3 Å². The summed E-state index contributed by atoms with van der Waals surface area (Å²) < 4.78 is 9.65. The van der Waals surface area contributed by atoms with Crippen LogP contribution in [0.2, 0.25) is 0 Å². The van der Waals surface area contributed by atoms with Crippen molar-refractivity contribution in [1.29, 1.82) is 0 Å². The fraction of sp³-hybridized carbons (Fsp3) is 0.103. The van der Waals surface area contributed by atoms with Crippen molar-refractivity contribution in [3.05, 3.63) is 108 Å². The van der Waals surface area contributed by atoms with Gasteiger partial charge in [-0.2, -0.15) is 0 Å². The number of halogens is 3. The molecule has 0 aliphatic rings. The molecule has 0 fully saturated rings. The van der Waals surface area contributed by atoms with Gasteiger partial charge in [0.25, 0.3) is 0 Å². The van der Waals surface area contributed by atoms with Gasteiger partial charge in [0.1, 0.15) is 0 Å². The van der Waals surface area contributed by atoms with Gasteiger partial charge >= 0.3 is 53.4 Å². The van der Waals surface area contributed by atoms with Crippen LogP contribution in [0.15, 0.2) is 97.1 Å². The topological polar surface area (TPSA) is 52.6 Å². The molecule has 4 aromatic rings. The van der Waals surface area contributed by atoms with Crippen molar-refractivity contribution in [1.82, 2.24) is 0 Å². The number of carbonyl (C=O) groups excluding carboxylic acids is 2. The summed E-state index contributed by atoms with van der Waals surface area (Å²) in [4.78, 5) is 23.7. The number of carbonyl (C=O) groups is 2. The Hall–Kier alpha value is -2.36. The van der Waals surface area contributed by atoms with Crippen LogP contribution < -0.4 is 10.6 Å².